The third-order valence-electron chi connectivity index (χ3n) is 3.25. The number of hydrogen-bond acceptors (Lipinski definition) is 3. The van der Waals surface area contributed by atoms with Crippen LogP contribution in [0.25, 0.3) is 0 Å². The fourth-order valence-electron chi connectivity index (χ4n) is 2.02. The van der Waals surface area contributed by atoms with Gasteiger partial charge in [0.2, 0.25) is 0 Å². The van der Waals surface area contributed by atoms with E-state index >= 15 is 0 Å². The van der Waals surface area contributed by atoms with Gasteiger partial charge in [-0.3, -0.25) is 4.79 Å². The second-order valence-corrected chi connectivity index (χ2v) is 4.38. The molecule has 2 N–H and O–H groups in total. The maximum Gasteiger partial charge on any atom is 0.250 e. The molecule has 0 amide bonds. The number of nitrogens with zero attached hydrogens (tertiary/aromatic N) is 1. The average Bonchev–Trinajstić information content (AvgIpc) is 2.22. The molecule has 4 heteroatoms. The molecular weight excluding hydrogens is 190 g/mol. The van der Waals surface area contributed by atoms with Gasteiger partial charge in [0.25, 0.3) is 5.56 Å². The topological polar surface area (TPSA) is 57.8 Å². The molecule has 0 aromatic carbocycles. The number of aromatic amines is 1. The van der Waals surface area contributed by atoms with Crippen LogP contribution in [0.15, 0.2) is 17.1 Å². The molecule has 1 aliphatic heterocycles. The van der Waals surface area contributed by atoms with Gasteiger partial charge in [-0.2, -0.15) is 0 Å². The maximum atomic E-state index is 11.2. The van der Waals surface area contributed by atoms with Crippen LogP contribution in [-0.4, -0.2) is 16.0 Å². The molecule has 1 saturated heterocycles. The molecule has 0 spiro atoms. The molecule has 0 aliphatic carbocycles. The number of hydrogen-bond donors (Lipinski definition) is 2. The molecule has 0 saturated carbocycles. The van der Waals surface area contributed by atoms with E-state index in [0.29, 0.717) is 12.0 Å². The van der Waals surface area contributed by atoms with Crippen molar-refractivity contribution in [1.82, 2.24) is 15.3 Å². The summed E-state index contributed by atoms with van der Waals surface area (Å²) in [6.45, 7) is 4.42. The van der Waals surface area contributed by atoms with E-state index in [4.69, 9.17) is 0 Å². The third-order valence-corrected chi connectivity index (χ3v) is 3.25. The normalized spacial score (nSPS) is 31.5. The van der Waals surface area contributed by atoms with Crippen molar-refractivity contribution in [1.29, 1.82) is 0 Å². The molecule has 1 fully saturated rings. The zero-order valence-electron chi connectivity index (χ0n) is 9.16. The lowest BCUT2D eigenvalue weighted by molar-refractivity contribution is 0.254. The number of piperidine rings is 1. The molecule has 82 valence electrons. The molecule has 0 radical (unpaired) electrons. The second kappa shape index (κ2) is 4.14. The number of rotatable bonds is 1. The van der Waals surface area contributed by atoms with Gasteiger partial charge in [-0.25, -0.2) is 4.98 Å². The van der Waals surface area contributed by atoms with Crippen molar-refractivity contribution >= 4 is 0 Å². The third kappa shape index (κ3) is 2.26. The highest BCUT2D eigenvalue weighted by Gasteiger charge is 2.25. The van der Waals surface area contributed by atoms with Crippen molar-refractivity contribution in [3.05, 3.63) is 28.4 Å². The highest BCUT2D eigenvalue weighted by Crippen LogP contribution is 2.26. The summed E-state index contributed by atoms with van der Waals surface area (Å²) < 4.78 is 0. The van der Waals surface area contributed by atoms with Crippen LogP contribution in [0.2, 0.25) is 0 Å². The first-order valence-electron chi connectivity index (χ1n) is 5.48. The van der Waals surface area contributed by atoms with Crippen LogP contribution in [0.4, 0.5) is 0 Å². The summed E-state index contributed by atoms with van der Waals surface area (Å²) in [7, 11) is 0. The van der Waals surface area contributed by atoms with Gasteiger partial charge in [0.15, 0.2) is 0 Å². The Morgan fingerprint density at radius 1 is 1.40 bits per heavy atom. The van der Waals surface area contributed by atoms with E-state index in [2.05, 4.69) is 29.1 Å². The van der Waals surface area contributed by atoms with E-state index in [0.717, 1.165) is 12.2 Å². The smallest absolute Gasteiger partial charge is 0.250 e. The summed E-state index contributed by atoms with van der Waals surface area (Å²) >= 11 is 0. The lowest BCUT2D eigenvalue weighted by Gasteiger charge is -2.33. The Morgan fingerprint density at radius 2 is 2.20 bits per heavy atom. The fourth-order valence-corrected chi connectivity index (χ4v) is 2.02. The van der Waals surface area contributed by atoms with Crippen LogP contribution in [0.1, 0.15) is 38.6 Å². The van der Waals surface area contributed by atoms with Gasteiger partial charge < -0.3 is 10.3 Å². The minimum Gasteiger partial charge on any atom is -0.309 e. The summed E-state index contributed by atoms with van der Waals surface area (Å²) in [5, 5.41) is 3.48. The monoisotopic (exact) mass is 207 g/mol. The summed E-state index contributed by atoms with van der Waals surface area (Å²) in [6, 6.07) is 2.12. The predicted octanol–water partition coefficient (Wildman–Crippen LogP) is 1.22. The minimum absolute atomic E-state index is 0.0759. The Hall–Kier alpha value is -1.16. The molecule has 15 heavy (non-hydrogen) atoms. The van der Waals surface area contributed by atoms with Gasteiger partial charge in [-0.15, -0.1) is 0 Å². The van der Waals surface area contributed by atoms with E-state index in [1.807, 2.05) is 0 Å². The van der Waals surface area contributed by atoms with Crippen LogP contribution >= 0.6 is 0 Å². The van der Waals surface area contributed by atoms with Gasteiger partial charge in [-0.05, 0) is 25.7 Å². The van der Waals surface area contributed by atoms with Crippen molar-refractivity contribution in [3.8, 4) is 0 Å². The summed E-state index contributed by atoms with van der Waals surface area (Å²) in [5.74, 6) is 1.46. The zero-order valence-corrected chi connectivity index (χ0v) is 9.16. The van der Waals surface area contributed by atoms with E-state index in [9.17, 15) is 4.79 Å². The van der Waals surface area contributed by atoms with Gasteiger partial charge >= 0.3 is 0 Å². The van der Waals surface area contributed by atoms with Crippen molar-refractivity contribution in [2.24, 2.45) is 5.92 Å². The quantitative estimate of drug-likeness (QED) is 0.728. The van der Waals surface area contributed by atoms with Crippen LogP contribution in [0, 0.1) is 5.92 Å². The number of H-pyrrole nitrogens is 1. The van der Waals surface area contributed by atoms with E-state index in [-0.39, 0.29) is 11.6 Å². The van der Waals surface area contributed by atoms with Gasteiger partial charge in [0, 0.05) is 18.3 Å². The molecule has 4 nitrogen and oxygen atoms in total. The van der Waals surface area contributed by atoms with Gasteiger partial charge in [0.05, 0.1) is 6.04 Å². The van der Waals surface area contributed by atoms with Crippen LogP contribution < -0.4 is 10.9 Å². The van der Waals surface area contributed by atoms with Crippen LogP contribution in [0.3, 0.4) is 0 Å². The van der Waals surface area contributed by atoms with Crippen molar-refractivity contribution < 1.29 is 0 Å². The lowest BCUT2D eigenvalue weighted by Crippen LogP contribution is -2.41. The molecular formula is C11H17N3O. The second-order valence-electron chi connectivity index (χ2n) is 4.38. The standard InChI is InChI=1S/C11H17N3O/c1-7-3-4-9(13-8(7)2)11-12-6-5-10(15)14-11/h5-9,13H,3-4H2,1-2H3,(H,12,14,15). The Labute approximate surface area is 89.1 Å². The number of aromatic nitrogens is 2. The molecule has 3 unspecified atom stereocenters. The summed E-state index contributed by atoms with van der Waals surface area (Å²) in [5.41, 5.74) is -0.0759. The zero-order chi connectivity index (χ0) is 10.8. The first-order valence-corrected chi connectivity index (χ1v) is 5.48. The Bertz CT molecular complexity index is 387. The molecule has 2 rings (SSSR count). The van der Waals surface area contributed by atoms with Crippen molar-refractivity contribution in [3.63, 3.8) is 0 Å². The Kier molecular flexibility index (Phi) is 2.86. The van der Waals surface area contributed by atoms with Gasteiger partial charge in [-0.1, -0.05) is 6.92 Å². The van der Waals surface area contributed by atoms with Crippen molar-refractivity contribution in [2.45, 2.75) is 38.8 Å². The molecule has 3 atom stereocenters. The van der Waals surface area contributed by atoms with Crippen LogP contribution in [0.5, 0.6) is 0 Å². The molecule has 2 heterocycles. The molecule has 1 aromatic heterocycles. The first kappa shape index (κ1) is 10.4. The predicted molar refractivity (Wildman–Crippen MR) is 58.6 cm³/mol. The molecule has 1 aromatic rings. The fraction of sp³-hybridized carbons (Fsp3) is 0.636. The Morgan fingerprint density at radius 3 is 2.87 bits per heavy atom. The van der Waals surface area contributed by atoms with Crippen molar-refractivity contribution in [2.75, 3.05) is 0 Å². The summed E-state index contributed by atoms with van der Waals surface area (Å²) in [6.07, 6.45) is 3.79. The van der Waals surface area contributed by atoms with E-state index in [1.54, 1.807) is 6.20 Å². The molecule has 0 bridgehead atoms. The largest absolute Gasteiger partial charge is 0.309 e. The summed E-state index contributed by atoms with van der Waals surface area (Å²) in [4.78, 5) is 18.1. The van der Waals surface area contributed by atoms with Crippen LogP contribution in [-0.2, 0) is 0 Å². The maximum absolute atomic E-state index is 11.2. The highest BCUT2D eigenvalue weighted by atomic mass is 16.1. The van der Waals surface area contributed by atoms with E-state index in [1.165, 1.54) is 12.5 Å². The molecule has 1 aliphatic rings. The SMILES string of the molecule is CC1CCC(c2nccc(=O)[nH]2)NC1C. The average molecular weight is 207 g/mol. The lowest BCUT2D eigenvalue weighted by atomic mass is 9.89. The van der Waals surface area contributed by atoms with E-state index < -0.39 is 0 Å². The first-order chi connectivity index (χ1) is 7.16. The van der Waals surface area contributed by atoms with Gasteiger partial charge in [0.1, 0.15) is 5.82 Å². The minimum atomic E-state index is -0.0759. The highest BCUT2D eigenvalue weighted by molar-refractivity contribution is 4.99. The number of nitrogens with one attached hydrogen (secondary N) is 2. The Balaban J connectivity index is 2.15.